The van der Waals surface area contributed by atoms with Gasteiger partial charge in [0.25, 0.3) is 0 Å². The molecule has 108 valence electrons. The molecule has 0 spiro atoms. The van der Waals surface area contributed by atoms with E-state index in [0.29, 0.717) is 6.10 Å². The van der Waals surface area contributed by atoms with Gasteiger partial charge in [-0.25, -0.2) is 4.98 Å². The summed E-state index contributed by atoms with van der Waals surface area (Å²) in [5, 5.41) is 4.67. The van der Waals surface area contributed by atoms with Gasteiger partial charge in [0.05, 0.1) is 11.8 Å². The molecule has 5 heteroatoms. The number of aromatic nitrogens is 1. The molecule has 0 bridgehead atoms. The van der Waals surface area contributed by atoms with E-state index in [9.17, 15) is 0 Å². The van der Waals surface area contributed by atoms with Crippen LogP contribution in [0.2, 0.25) is 0 Å². The van der Waals surface area contributed by atoms with Crippen molar-refractivity contribution in [1.82, 2.24) is 10.3 Å². The molecular weight excluding hydrogens is 258 g/mol. The number of thiazole rings is 1. The van der Waals surface area contributed by atoms with Crippen molar-refractivity contribution in [1.29, 1.82) is 0 Å². The monoisotopic (exact) mass is 283 g/mol. The Kier molecular flexibility index (Phi) is 4.48. The van der Waals surface area contributed by atoms with Crippen molar-refractivity contribution in [3.8, 4) is 0 Å². The van der Waals surface area contributed by atoms with E-state index in [1.54, 1.807) is 18.4 Å². The van der Waals surface area contributed by atoms with Crippen LogP contribution in [0.1, 0.15) is 37.8 Å². The quantitative estimate of drug-likeness (QED) is 0.921. The summed E-state index contributed by atoms with van der Waals surface area (Å²) >= 11 is 1.81. The number of hydrogen-bond acceptors (Lipinski definition) is 5. The van der Waals surface area contributed by atoms with Crippen molar-refractivity contribution in [3.63, 3.8) is 0 Å². The number of rotatable bonds is 4. The van der Waals surface area contributed by atoms with Crippen molar-refractivity contribution in [2.45, 2.75) is 52.3 Å². The fourth-order valence-corrected chi connectivity index (χ4v) is 3.19. The highest BCUT2D eigenvalue weighted by Gasteiger charge is 2.25. The summed E-state index contributed by atoms with van der Waals surface area (Å²) in [7, 11) is 1.79. The molecule has 1 aromatic rings. The largest absolute Gasteiger partial charge is 0.380 e. The number of hydrogen-bond donors (Lipinski definition) is 1. The fourth-order valence-electron chi connectivity index (χ4n) is 2.15. The summed E-state index contributed by atoms with van der Waals surface area (Å²) in [5.41, 5.74) is 1.29. The van der Waals surface area contributed by atoms with Crippen LogP contribution in [-0.4, -0.2) is 36.8 Å². The van der Waals surface area contributed by atoms with Gasteiger partial charge in [0.1, 0.15) is 0 Å². The molecule has 2 heterocycles. The summed E-state index contributed by atoms with van der Waals surface area (Å²) in [6.45, 7) is 11.6. The molecule has 0 saturated carbocycles. The van der Waals surface area contributed by atoms with Crippen LogP contribution in [0.15, 0.2) is 0 Å². The highest BCUT2D eigenvalue weighted by Crippen LogP contribution is 2.29. The van der Waals surface area contributed by atoms with Crippen LogP contribution in [0, 0.1) is 6.92 Å². The zero-order valence-electron chi connectivity index (χ0n) is 12.6. The molecule has 1 aliphatic heterocycles. The predicted octanol–water partition coefficient (Wildman–Crippen LogP) is 2.56. The van der Waals surface area contributed by atoms with E-state index in [1.807, 2.05) is 0 Å². The second kappa shape index (κ2) is 5.77. The lowest BCUT2D eigenvalue weighted by atomic mass is 10.1. The van der Waals surface area contributed by atoms with Crippen LogP contribution >= 0.6 is 11.3 Å². The highest BCUT2D eigenvalue weighted by molar-refractivity contribution is 7.15. The Labute approximate surface area is 120 Å². The van der Waals surface area contributed by atoms with Crippen molar-refractivity contribution in [3.05, 3.63) is 10.6 Å². The van der Waals surface area contributed by atoms with E-state index in [4.69, 9.17) is 9.72 Å². The SMILES string of the molecule is COC1CCN(c2nc(C)c(CNC(C)(C)C)s2)C1. The topological polar surface area (TPSA) is 37.4 Å². The first kappa shape index (κ1) is 14.8. The van der Waals surface area contributed by atoms with Gasteiger partial charge in [-0.15, -0.1) is 11.3 Å². The molecule has 2 rings (SSSR count). The smallest absolute Gasteiger partial charge is 0.185 e. The molecule has 1 saturated heterocycles. The van der Waals surface area contributed by atoms with E-state index in [0.717, 1.165) is 36.9 Å². The van der Waals surface area contributed by atoms with Gasteiger partial charge >= 0.3 is 0 Å². The van der Waals surface area contributed by atoms with Crippen molar-refractivity contribution in [2.24, 2.45) is 0 Å². The van der Waals surface area contributed by atoms with Gasteiger partial charge in [0.15, 0.2) is 5.13 Å². The van der Waals surface area contributed by atoms with Gasteiger partial charge < -0.3 is 15.0 Å². The van der Waals surface area contributed by atoms with Crippen molar-refractivity contribution < 1.29 is 4.74 Å². The van der Waals surface area contributed by atoms with E-state index in [1.165, 1.54) is 4.88 Å². The minimum atomic E-state index is 0.144. The van der Waals surface area contributed by atoms with Crippen LogP contribution in [0.5, 0.6) is 0 Å². The maximum atomic E-state index is 5.41. The molecule has 1 aromatic heterocycles. The third kappa shape index (κ3) is 3.91. The van der Waals surface area contributed by atoms with E-state index in [-0.39, 0.29) is 5.54 Å². The van der Waals surface area contributed by atoms with Crippen molar-refractivity contribution in [2.75, 3.05) is 25.1 Å². The molecule has 1 unspecified atom stereocenters. The second-order valence-corrected chi connectivity index (χ2v) is 7.26. The van der Waals surface area contributed by atoms with Gasteiger partial charge in [-0.3, -0.25) is 0 Å². The number of methoxy groups -OCH3 is 1. The molecule has 0 aromatic carbocycles. The van der Waals surface area contributed by atoms with Gasteiger partial charge in [-0.05, 0) is 34.1 Å². The Hall–Kier alpha value is -0.650. The molecule has 1 atom stereocenters. The van der Waals surface area contributed by atoms with Gasteiger partial charge in [-0.2, -0.15) is 0 Å². The minimum absolute atomic E-state index is 0.144. The molecule has 4 nitrogen and oxygen atoms in total. The normalized spacial score (nSPS) is 20.3. The summed E-state index contributed by atoms with van der Waals surface area (Å²) in [4.78, 5) is 8.39. The molecule has 0 amide bonds. The number of anilines is 1. The zero-order chi connectivity index (χ0) is 14.0. The molecule has 19 heavy (non-hydrogen) atoms. The Balaban J connectivity index is 2.01. The Morgan fingerprint density at radius 1 is 1.47 bits per heavy atom. The van der Waals surface area contributed by atoms with Gasteiger partial charge in [-0.1, -0.05) is 0 Å². The molecule has 1 fully saturated rings. The van der Waals surface area contributed by atoms with E-state index >= 15 is 0 Å². The average molecular weight is 283 g/mol. The van der Waals surface area contributed by atoms with Gasteiger partial charge in [0.2, 0.25) is 0 Å². The summed E-state index contributed by atoms with van der Waals surface area (Å²) in [5.74, 6) is 0. The number of nitrogens with one attached hydrogen (secondary N) is 1. The third-order valence-electron chi connectivity index (χ3n) is 3.41. The molecular formula is C14H25N3OS. The lowest BCUT2D eigenvalue weighted by molar-refractivity contribution is 0.121. The van der Waals surface area contributed by atoms with E-state index < -0.39 is 0 Å². The Morgan fingerprint density at radius 3 is 2.79 bits per heavy atom. The van der Waals surface area contributed by atoms with E-state index in [2.05, 4.69) is 37.9 Å². The highest BCUT2D eigenvalue weighted by atomic mass is 32.1. The average Bonchev–Trinajstić information content (AvgIpc) is 2.91. The summed E-state index contributed by atoms with van der Waals surface area (Å²) in [6, 6.07) is 0. The summed E-state index contributed by atoms with van der Waals surface area (Å²) in [6.07, 6.45) is 1.46. The van der Waals surface area contributed by atoms with Crippen LogP contribution < -0.4 is 10.2 Å². The van der Waals surface area contributed by atoms with Crippen LogP contribution in [0.3, 0.4) is 0 Å². The fraction of sp³-hybridized carbons (Fsp3) is 0.786. The van der Waals surface area contributed by atoms with Crippen molar-refractivity contribution >= 4 is 16.5 Å². The standard InChI is InChI=1S/C14H25N3OS/c1-10-12(8-15-14(2,3)4)19-13(16-10)17-7-6-11(9-17)18-5/h11,15H,6-9H2,1-5H3. The first-order valence-corrected chi connectivity index (χ1v) is 7.70. The first-order valence-electron chi connectivity index (χ1n) is 6.88. The Morgan fingerprint density at radius 2 is 2.21 bits per heavy atom. The molecule has 0 radical (unpaired) electrons. The third-order valence-corrected chi connectivity index (χ3v) is 4.63. The number of nitrogens with zero attached hydrogens (tertiary/aromatic N) is 2. The lowest BCUT2D eigenvalue weighted by Crippen LogP contribution is -2.34. The van der Waals surface area contributed by atoms with Crippen LogP contribution in [-0.2, 0) is 11.3 Å². The van der Waals surface area contributed by atoms with Crippen LogP contribution in [0.25, 0.3) is 0 Å². The number of ether oxygens (including phenoxy) is 1. The second-order valence-electron chi connectivity index (χ2n) is 6.20. The summed E-state index contributed by atoms with van der Waals surface area (Å²) < 4.78 is 5.41. The number of aryl methyl sites for hydroxylation is 1. The molecule has 1 N–H and O–H groups in total. The first-order chi connectivity index (χ1) is 8.89. The molecule has 0 aliphatic carbocycles. The minimum Gasteiger partial charge on any atom is -0.380 e. The van der Waals surface area contributed by atoms with Crippen LogP contribution in [0.4, 0.5) is 5.13 Å². The zero-order valence-corrected chi connectivity index (χ0v) is 13.4. The predicted molar refractivity (Wildman–Crippen MR) is 81.1 cm³/mol. The Bertz CT molecular complexity index is 425. The molecule has 1 aliphatic rings. The maximum Gasteiger partial charge on any atom is 0.185 e. The maximum absolute atomic E-state index is 5.41. The van der Waals surface area contributed by atoms with Gasteiger partial charge in [0, 0.05) is 37.2 Å². The lowest BCUT2D eigenvalue weighted by Gasteiger charge is -2.20.